The highest BCUT2D eigenvalue weighted by Crippen LogP contribution is 2.38. The third-order valence-corrected chi connectivity index (χ3v) is 4.11. The fourth-order valence-electron chi connectivity index (χ4n) is 2.60. The lowest BCUT2D eigenvalue weighted by Gasteiger charge is -2.12. The first-order valence-electron chi connectivity index (χ1n) is 8.90. The van der Waals surface area contributed by atoms with Crippen LogP contribution in [0.15, 0.2) is 36.4 Å². The predicted octanol–water partition coefficient (Wildman–Crippen LogP) is 3.52. The molecule has 0 unspecified atom stereocenters. The van der Waals surface area contributed by atoms with Crippen molar-refractivity contribution in [2.75, 3.05) is 33.3 Å². The summed E-state index contributed by atoms with van der Waals surface area (Å²) in [6.07, 6.45) is 2.77. The minimum atomic E-state index is -0.644. The highest BCUT2D eigenvalue weighted by atomic mass is 16.5. The summed E-state index contributed by atoms with van der Waals surface area (Å²) in [7, 11) is 4.53. The summed E-state index contributed by atoms with van der Waals surface area (Å²) in [5, 5.41) is 2.74. The lowest BCUT2D eigenvalue weighted by molar-refractivity contribution is -0.142. The molecule has 0 saturated heterocycles. The molecule has 0 saturated carbocycles. The molecule has 0 radical (unpaired) electrons. The molecule has 0 heterocycles. The number of benzene rings is 2. The molecule has 0 aromatic heterocycles. The van der Waals surface area contributed by atoms with E-state index in [-0.39, 0.29) is 6.61 Å². The molecule has 0 atom stereocenters. The van der Waals surface area contributed by atoms with Gasteiger partial charge in [0.2, 0.25) is 5.75 Å². The largest absolute Gasteiger partial charge is 0.493 e. The van der Waals surface area contributed by atoms with Gasteiger partial charge >= 0.3 is 5.97 Å². The molecular formula is C22H25NO6. The lowest BCUT2D eigenvalue weighted by Crippen LogP contribution is -2.20. The Morgan fingerprint density at radius 1 is 0.966 bits per heavy atom. The van der Waals surface area contributed by atoms with Crippen LogP contribution >= 0.6 is 0 Å². The maximum atomic E-state index is 12.0. The van der Waals surface area contributed by atoms with E-state index in [9.17, 15) is 9.59 Å². The number of amides is 1. The van der Waals surface area contributed by atoms with Crippen molar-refractivity contribution in [2.45, 2.75) is 13.8 Å². The summed E-state index contributed by atoms with van der Waals surface area (Å²) in [6, 6.07) is 9.12. The van der Waals surface area contributed by atoms with Crippen molar-refractivity contribution in [3.05, 3.63) is 53.1 Å². The Bertz CT molecular complexity index is 895. The van der Waals surface area contributed by atoms with E-state index < -0.39 is 11.9 Å². The molecule has 0 aliphatic heterocycles. The van der Waals surface area contributed by atoms with Gasteiger partial charge in [-0.2, -0.15) is 0 Å². The standard InChI is InChI=1S/C22H25NO6/c1-14-6-7-15(2)17(10-14)23-20(24)13-29-21(25)9-8-16-11-18(26-3)22(28-5)19(12-16)27-4/h6-12H,13H2,1-5H3,(H,23,24). The highest BCUT2D eigenvalue weighted by Gasteiger charge is 2.12. The molecule has 2 aromatic carbocycles. The average Bonchev–Trinajstić information content (AvgIpc) is 2.72. The number of carbonyl (C=O) groups is 2. The molecular weight excluding hydrogens is 374 g/mol. The molecule has 29 heavy (non-hydrogen) atoms. The zero-order chi connectivity index (χ0) is 21.4. The first-order valence-corrected chi connectivity index (χ1v) is 8.90. The minimum Gasteiger partial charge on any atom is -0.493 e. The van der Waals surface area contributed by atoms with Gasteiger partial charge < -0.3 is 24.3 Å². The van der Waals surface area contributed by atoms with Crippen LogP contribution in [0.2, 0.25) is 0 Å². The number of anilines is 1. The third kappa shape index (κ3) is 6.00. The van der Waals surface area contributed by atoms with Gasteiger partial charge in [-0.25, -0.2) is 4.79 Å². The van der Waals surface area contributed by atoms with E-state index in [1.807, 2.05) is 32.0 Å². The summed E-state index contributed by atoms with van der Waals surface area (Å²) in [5.74, 6) is 0.335. The molecule has 1 N–H and O–H groups in total. The van der Waals surface area contributed by atoms with Crippen molar-refractivity contribution in [3.63, 3.8) is 0 Å². The van der Waals surface area contributed by atoms with Crippen LogP contribution in [-0.4, -0.2) is 39.8 Å². The quantitative estimate of drug-likeness (QED) is 0.540. The maximum absolute atomic E-state index is 12.0. The molecule has 0 bridgehead atoms. The maximum Gasteiger partial charge on any atom is 0.331 e. The van der Waals surface area contributed by atoms with Crippen molar-refractivity contribution in [3.8, 4) is 17.2 Å². The Kier molecular flexibility index (Phi) is 7.65. The fraction of sp³-hybridized carbons (Fsp3) is 0.273. The van der Waals surface area contributed by atoms with Crippen LogP contribution < -0.4 is 19.5 Å². The summed E-state index contributed by atoms with van der Waals surface area (Å²) in [5.41, 5.74) is 3.30. The van der Waals surface area contributed by atoms with Crippen LogP contribution in [0, 0.1) is 13.8 Å². The van der Waals surface area contributed by atoms with Crippen molar-refractivity contribution in [1.29, 1.82) is 0 Å². The number of nitrogens with one attached hydrogen (secondary N) is 1. The number of esters is 1. The number of ether oxygens (including phenoxy) is 4. The molecule has 7 nitrogen and oxygen atoms in total. The number of hydrogen-bond donors (Lipinski definition) is 1. The van der Waals surface area contributed by atoms with E-state index in [0.717, 1.165) is 11.1 Å². The zero-order valence-corrected chi connectivity index (χ0v) is 17.2. The molecule has 1 amide bonds. The van der Waals surface area contributed by atoms with E-state index in [2.05, 4.69) is 5.32 Å². The molecule has 7 heteroatoms. The Labute approximate surface area is 170 Å². The molecule has 0 spiro atoms. The van der Waals surface area contributed by atoms with Gasteiger partial charge in [0.25, 0.3) is 5.91 Å². The van der Waals surface area contributed by atoms with Gasteiger partial charge in [0.15, 0.2) is 18.1 Å². The lowest BCUT2D eigenvalue weighted by atomic mass is 10.1. The monoisotopic (exact) mass is 399 g/mol. The van der Waals surface area contributed by atoms with Crippen molar-refractivity contribution < 1.29 is 28.5 Å². The average molecular weight is 399 g/mol. The number of methoxy groups -OCH3 is 3. The highest BCUT2D eigenvalue weighted by molar-refractivity contribution is 5.95. The van der Waals surface area contributed by atoms with Crippen LogP contribution in [0.3, 0.4) is 0 Å². The Hall–Kier alpha value is -3.48. The topological polar surface area (TPSA) is 83.1 Å². The van der Waals surface area contributed by atoms with Gasteiger partial charge in [0.05, 0.1) is 21.3 Å². The molecule has 2 rings (SSSR count). The summed E-state index contributed by atoms with van der Waals surface area (Å²) in [6.45, 7) is 3.44. The molecule has 0 aliphatic carbocycles. The van der Waals surface area contributed by atoms with E-state index >= 15 is 0 Å². The van der Waals surface area contributed by atoms with Crippen LogP contribution in [0.4, 0.5) is 5.69 Å². The molecule has 0 fully saturated rings. The number of carbonyl (C=O) groups excluding carboxylic acids is 2. The van der Waals surface area contributed by atoms with E-state index in [1.54, 1.807) is 12.1 Å². The van der Waals surface area contributed by atoms with Gasteiger partial charge in [0, 0.05) is 11.8 Å². The second kappa shape index (κ2) is 10.2. The van der Waals surface area contributed by atoms with Gasteiger partial charge in [0.1, 0.15) is 0 Å². The first-order chi connectivity index (χ1) is 13.9. The summed E-state index contributed by atoms with van der Waals surface area (Å²) in [4.78, 5) is 24.0. The van der Waals surface area contributed by atoms with Gasteiger partial charge in [-0.3, -0.25) is 4.79 Å². The third-order valence-electron chi connectivity index (χ3n) is 4.11. The molecule has 2 aromatic rings. The zero-order valence-electron chi connectivity index (χ0n) is 17.2. The fourth-order valence-corrected chi connectivity index (χ4v) is 2.60. The van der Waals surface area contributed by atoms with Gasteiger partial charge in [-0.1, -0.05) is 12.1 Å². The second-order valence-electron chi connectivity index (χ2n) is 6.27. The number of rotatable bonds is 8. The van der Waals surface area contributed by atoms with Crippen LogP contribution in [-0.2, 0) is 14.3 Å². The van der Waals surface area contributed by atoms with Crippen molar-refractivity contribution >= 4 is 23.6 Å². The van der Waals surface area contributed by atoms with Crippen LogP contribution in [0.1, 0.15) is 16.7 Å². The predicted molar refractivity (Wildman–Crippen MR) is 111 cm³/mol. The summed E-state index contributed by atoms with van der Waals surface area (Å²) >= 11 is 0. The number of aryl methyl sites for hydroxylation is 2. The minimum absolute atomic E-state index is 0.383. The van der Waals surface area contributed by atoms with Gasteiger partial charge in [-0.15, -0.1) is 0 Å². The molecule has 154 valence electrons. The van der Waals surface area contributed by atoms with Crippen LogP contribution in [0.25, 0.3) is 6.08 Å². The Morgan fingerprint density at radius 2 is 1.62 bits per heavy atom. The second-order valence-corrected chi connectivity index (χ2v) is 6.27. The van der Waals surface area contributed by atoms with Crippen molar-refractivity contribution in [1.82, 2.24) is 0 Å². The normalized spacial score (nSPS) is 10.5. The van der Waals surface area contributed by atoms with E-state index in [1.165, 1.54) is 33.5 Å². The van der Waals surface area contributed by atoms with E-state index in [4.69, 9.17) is 18.9 Å². The SMILES string of the molecule is COc1cc(C=CC(=O)OCC(=O)Nc2cc(C)ccc2C)cc(OC)c1OC. The number of hydrogen-bond acceptors (Lipinski definition) is 6. The first kappa shape index (κ1) is 21.8. The smallest absolute Gasteiger partial charge is 0.331 e. The van der Waals surface area contributed by atoms with Crippen molar-refractivity contribution in [2.24, 2.45) is 0 Å². The Balaban J connectivity index is 1.97. The van der Waals surface area contributed by atoms with Crippen LogP contribution in [0.5, 0.6) is 17.2 Å². The Morgan fingerprint density at radius 3 is 2.21 bits per heavy atom. The molecule has 0 aliphatic rings. The van der Waals surface area contributed by atoms with E-state index in [0.29, 0.717) is 28.5 Å². The van der Waals surface area contributed by atoms with Gasteiger partial charge in [-0.05, 0) is 54.8 Å². The summed E-state index contributed by atoms with van der Waals surface area (Å²) < 4.78 is 20.8.